The maximum Gasteiger partial charge on any atom is 0.164 e. The Balaban J connectivity index is 2.14. The minimum Gasteiger partial charge on any atom is -0.390 e. The van der Waals surface area contributed by atoms with Gasteiger partial charge in [0.05, 0.1) is 23.6 Å². The van der Waals surface area contributed by atoms with Crippen LogP contribution in [-0.2, 0) is 9.47 Å². The number of aliphatic hydroxyl groups is 1. The summed E-state index contributed by atoms with van der Waals surface area (Å²) in [5, 5.41) is 17.7. The molecule has 4 unspecified atom stereocenters. The molecule has 0 radical (unpaired) electrons. The lowest BCUT2D eigenvalue weighted by molar-refractivity contribution is -0.163. The van der Waals surface area contributed by atoms with Gasteiger partial charge in [0.15, 0.2) is 5.79 Å². The second-order valence-corrected chi connectivity index (χ2v) is 5.48. The van der Waals surface area contributed by atoms with Gasteiger partial charge in [-0.15, -0.1) is 0 Å². The zero-order chi connectivity index (χ0) is 13.5. The first kappa shape index (κ1) is 13.6. The molecule has 5 heteroatoms. The van der Waals surface area contributed by atoms with E-state index in [1.807, 2.05) is 27.7 Å². The molecule has 2 aliphatic rings. The molecule has 2 fully saturated rings. The largest absolute Gasteiger partial charge is 0.390 e. The SMILES string of the molecule is CCC(=N)C(C)=NC1CC(O)C2OC(C)(C)OC12. The van der Waals surface area contributed by atoms with Crippen LogP contribution < -0.4 is 0 Å². The fourth-order valence-corrected chi connectivity index (χ4v) is 2.64. The predicted octanol–water partition coefficient (Wildman–Crippen LogP) is 1.53. The van der Waals surface area contributed by atoms with E-state index in [1.54, 1.807) is 0 Å². The van der Waals surface area contributed by atoms with Crippen molar-refractivity contribution in [1.29, 1.82) is 5.41 Å². The minimum absolute atomic E-state index is 0.112. The van der Waals surface area contributed by atoms with Crippen molar-refractivity contribution in [3.05, 3.63) is 0 Å². The van der Waals surface area contributed by atoms with Crippen LogP contribution in [0.4, 0.5) is 0 Å². The van der Waals surface area contributed by atoms with Crippen LogP contribution in [0.25, 0.3) is 0 Å². The summed E-state index contributed by atoms with van der Waals surface area (Å²) in [6, 6.07) is -0.112. The number of nitrogens with one attached hydrogen (secondary N) is 1. The highest BCUT2D eigenvalue weighted by Gasteiger charge is 2.53. The van der Waals surface area contributed by atoms with Crippen LogP contribution in [0.5, 0.6) is 0 Å². The van der Waals surface area contributed by atoms with Crippen molar-refractivity contribution >= 4 is 11.4 Å². The molecule has 0 bridgehead atoms. The first-order valence-electron chi connectivity index (χ1n) is 6.50. The number of fused-ring (bicyclic) bond motifs is 1. The van der Waals surface area contributed by atoms with Crippen molar-refractivity contribution in [1.82, 2.24) is 0 Å². The van der Waals surface area contributed by atoms with E-state index < -0.39 is 11.9 Å². The van der Waals surface area contributed by atoms with E-state index in [1.165, 1.54) is 0 Å². The summed E-state index contributed by atoms with van der Waals surface area (Å²) >= 11 is 0. The molecule has 1 heterocycles. The summed E-state index contributed by atoms with van der Waals surface area (Å²) in [5.41, 5.74) is 1.26. The lowest BCUT2D eigenvalue weighted by Crippen LogP contribution is -2.29. The van der Waals surface area contributed by atoms with Crippen LogP contribution >= 0.6 is 0 Å². The molecule has 2 N–H and O–H groups in total. The summed E-state index contributed by atoms with van der Waals surface area (Å²) in [6.07, 6.45) is 0.183. The Morgan fingerprint density at radius 1 is 1.39 bits per heavy atom. The standard InChI is InChI=1S/C13H22N2O3/c1-5-8(14)7(2)15-9-6-10(16)12-11(9)17-13(3,4)18-12/h9-12,14,16H,5-6H2,1-4H3. The highest BCUT2D eigenvalue weighted by atomic mass is 16.8. The highest BCUT2D eigenvalue weighted by Crippen LogP contribution is 2.39. The summed E-state index contributed by atoms with van der Waals surface area (Å²) < 4.78 is 11.5. The molecule has 5 nitrogen and oxygen atoms in total. The third-order valence-corrected chi connectivity index (χ3v) is 3.55. The smallest absolute Gasteiger partial charge is 0.164 e. The van der Waals surface area contributed by atoms with E-state index in [0.717, 1.165) is 5.71 Å². The van der Waals surface area contributed by atoms with Gasteiger partial charge in [-0.2, -0.15) is 0 Å². The maximum atomic E-state index is 9.98. The van der Waals surface area contributed by atoms with Gasteiger partial charge in [-0.25, -0.2) is 0 Å². The number of hydrogen-bond donors (Lipinski definition) is 2. The van der Waals surface area contributed by atoms with Crippen LogP contribution in [0.1, 0.15) is 40.5 Å². The topological polar surface area (TPSA) is 74.9 Å². The number of nitrogens with zero attached hydrogens (tertiary/aromatic N) is 1. The van der Waals surface area contributed by atoms with Gasteiger partial charge in [-0.1, -0.05) is 6.92 Å². The van der Waals surface area contributed by atoms with Gasteiger partial charge in [0.25, 0.3) is 0 Å². The van der Waals surface area contributed by atoms with Crippen molar-refractivity contribution in [2.75, 3.05) is 0 Å². The molecule has 2 rings (SSSR count). The van der Waals surface area contributed by atoms with E-state index in [2.05, 4.69) is 4.99 Å². The third kappa shape index (κ3) is 2.48. The summed E-state index contributed by atoms with van der Waals surface area (Å²) in [4.78, 5) is 4.53. The van der Waals surface area contributed by atoms with Gasteiger partial charge >= 0.3 is 0 Å². The molecule has 1 aliphatic carbocycles. The Kier molecular flexibility index (Phi) is 3.58. The van der Waals surface area contributed by atoms with E-state index in [9.17, 15) is 5.11 Å². The number of aliphatic hydroxyl groups excluding tert-OH is 1. The van der Waals surface area contributed by atoms with Crippen molar-refractivity contribution in [3.8, 4) is 0 Å². The molecule has 0 spiro atoms. The second kappa shape index (κ2) is 4.72. The van der Waals surface area contributed by atoms with E-state index in [0.29, 0.717) is 18.6 Å². The molecule has 0 amide bonds. The Morgan fingerprint density at radius 2 is 2.00 bits per heavy atom. The third-order valence-electron chi connectivity index (χ3n) is 3.55. The Labute approximate surface area is 108 Å². The lowest BCUT2D eigenvalue weighted by Gasteiger charge is -2.21. The predicted molar refractivity (Wildman–Crippen MR) is 69.4 cm³/mol. The van der Waals surface area contributed by atoms with Gasteiger partial charge in [0, 0.05) is 6.42 Å². The van der Waals surface area contributed by atoms with Crippen LogP contribution in [0, 0.1) is 5.41 Å². The minimum atomic E-state index is -0.656. The Hall–Kier alpha value is -0.780. The first-order chi connectivity index (χ1) is 8.34. The van der Waals surface area contributed by atoms with Crippen molar-refractivity contribution in [3.63, 3.8) is 0 Å². The number of rotatable bonds is 3. The number of aliphatic imine (C=N–C) groups is 1. The molecule has 1 aliphatic heterocycles. The van der Waals surface area contributed by atoms with Gasteiger partial charge in [0.1, 0.15) is 12.2 Å². The molecule has 1 saturated carbocycles. The van der Waals surface area contributed by atoms with Crippen molar-refractivity contribution in [2.45, 2.75) is 70.7 Å². The monoisotopic (exact) mass is 254 g/mol. The van der Waals surface area contributed by atoms with Crippen molar-refractivity contribution < 1.29 is 14.6 Å². The average molecular weight is 254 g/mol. The zero-order valence-corrected chi connectivity index (χ0v) is 11.4. The van der Waals surface area contributed by atoms with Crippen LogP contribution in [-0.4, -0.2) is 46.7 Å². The fraction of sp³-hybridized carbons (Fsp3) is 0.846. The number of ether oxygens (including phenoxy) is 2. The zero-order valence-electron chi connectivity index (χ0n) is 11.4. The van der Waals surface area contributed by atoms with E-state index in [4.69, 9.17) is 14.9 Å². The molecule has 0 aromatic rings. The summed E-state index contributed by atoms with van der Waals surface area (Å²) in [5.74, 6) is -0.656. The average Bonchev–Trinajstić information content (AvgIpc) is 2.74. The first-order valence-corrected chi connectivity index (χ1v) is 6.50. The molecule has 0 aromatic carbocycles. The van der Waals surface area contributed by atoms with Crippen LogP contribution in [0.3, 0.4) is 0 Å². The van der Waals surface area contributed by atoms with Gasteiger partial charge in [0.2, 0.25) is 0 Å². The van der Waals surface area contributed by atoms with Gasteiger partial charge < -0.3 is 20.0 Å². The van der Waals surface area contributed by atoms with Gasteiger partial charge in [-0.05, 0) is 27.2 Å². The second-order valence-electron chi connectivity index (χ2n) is 5.48. The van der Waals surface area contributed by atoms with Crippen LogP contribution in [0.2, 0.25) is 0 Å². The Bertz CT molecular complexity index is 378. The van der Waals surface area contributed by atoms with E-state index in [-0.39, 0.29) is 18.2 Å². The van der Waals surface area contributed by atoms with E-state index >= 15 is 0 Å². The molecule has 1 saturated heterocycles. The normalized spacial score (nSPS) is 38.8. The molecule has 0 aromatic heterocycles. The summed E-state index contributed by atoms with van der Waals surface area (Å²) in [7, 11) is 0. The molecule has 102 valence electrons. The lowest BCUT2D eigenvalue weighted by atomic mass is 10.1. The molecular weight excluding hydrogens is 232 g/mol. The molecular formula is C13H22N2O3. The highest BCUT2D eigenvalue weighted by molar-refractivity contribution is 6.40. The summed E-state index contributed by atoms with van der Waals surface area (Å²) in [6.45, 7) is 7.47. The number of hydrogen-bond acceptors (Lipinski definition) is 5. The maximum absolute atomic E-state index is 9.98. The molecule has 4 atom stereocenters. The quantitative estimate of drug-likeness (QED) is 0.750. The Morgan fingerprint density at radius 3 is 2.61 bits per heavy atom. The van der Waals surface area contributed by atoms with Crippen molar-refractivity contribution in [2.24, 2.45) is 4.99 Å². The molecule has 18 heavy (non-hydrogen) atoms. The van der Waals surface area contributed by atoms with Crippen LogP contribution in [0.15, 0.2) is 4.99 Å². The van der Waals surface area contributed by atoms with Gasteiger partial charge in [-0.3, -0.25) is 4.99 Å². The fourth-order valence-electron chi connectivity index (χ4n) is 2.64.